The predicted molar refractivity (Wildman–Crippen MR) is 93.6 cm³/mol. The van der Waals surface area contributed by atoms with Crippen molar-refractivity contribution in [1.82, 2.24) is 4.57 Å². The Labute approximate surface area is 137 Å². The highest BCUT2D eigenvalue weighted by Gasteiger charge is 2.11. The molecule has 3 aromatic rings. The summed E-state index contributed by atoms with van der Waals surface area (Å²) in [6, 6.07) is 13.8. The molecule has 0 unspecified atom stereocenters. The Kier molecular flexibility index (Phi) is 4.18. The molecule has 1 heterocycles. The minimum Gasteiger partial charge on any atom is -0.319 e. The number of amides is 1. The molecule has 1 amide bonds. The Morgan fingerprint density at radius 1 is 1.18 bits per heavy atom. The first-order valence-corrected chi connectivity index (χ1v) is 8.93. The number of thiazole rings is 1. The van der Waals surface area contributed by atoms with Crippen LogP contribution in [0.3, 0.4) is 0 Å². The van der Waals surface area contributed by atoms with E-state index in [0.717, 1.165) is 19.9 Å². The maximum absolute atomic E-state index is 12.5. The molecule has 0 radical (unpaired) electrons. The summed E-state index contributed by atoms with van der Waals surface area (Å²) < 4.78 is 3.14. The summed E-state index contributed by atoms with van der Waals surface area (Å²) in [4.78, 5) is 18.5. The van der Waals surface area contributed by atoms with E-state index in [1.165, 1.54) is 5.56 Å². The predicted octanol–water partition coefficient (Wildman–Crippen LogP) is 4.01. The molecule has 5 heteroatoms. The van der Waals surface area contributed by atoms with Crippen molar-refractivity contribution in [2.24, 2.45) is 12.0 Å². The van der Waals surface area contributed by atoms with E-state index >= 15 is 0 Å². The number of para-hydroxylation sites is 1. The van der Waals surface area contributed by atoms with Crippen molar-refractivity contribution in [2.45, 2.75) is 11.8 Å². The van der Waals surface area contributed by atoms with Crippen LogP contribution in [-0.2, 0) is 7.05 Å². The first-order chi connectivity index (χ1) is 10.6. The van der Waals surface area contributed by atoms with Crippen molar-refractivity contribution < 1.29 is 4.79 Å². The van der Waals surface area contributed by atoms with Crippen LogP contribution in [0.2, 0.25) is 0 Å². The van der Waals surface area contributed by atoms with Gasteiger partial charge in [0.15, 0.2) is 4.80 Å². The molecule has 0 saturated carbocycles. The standard InChI is InChI=1S/C17H16N2OS2/c1-11-7-6-10-14-15(11)19(2)17(22-14)18-16(20)12-8-4-5-9-13(12)21-3/h4-10H,1-3H3. The largest absolute Gasteiger partial charge is 0.319 e. The monoisotopic (exact) mass is 328 g/mol. The van der Waals surface area contributed by atoms with Gasteiger partial charge in [0.25, 0.3) is 5.91 Å². The minimum absolute atomic E-state index is 0.190. The Bertz CT molecular complexity index is 922. The first kappa shape index (κ1) is 15.1. The maximum atomic E-state index is 12.5. The van der Waals surface area contributed by atoms with Gasteiger partial charge in [-0.15, -0.1) is 11.8 Å². The summed E-state index contributed by atoms with van der Waals surface area (Å²) in [7, 11) is 1.96. The van der Waals surface area contributed by atoms with Gasteiger partial charge in [0.2, 0.25) is 0 Å². The van der Waals surface area contributed by atoms with Gasteiger partial charge in [0, 0.05) is 11.9 Å². The van der Waals surface area contributed by atoms with Gasteiger partial charge < -0.3 is 4.57 Å². The number of benzene rings is 2. The highest BCUT2D eigenvalue weighted by molar-refractivity contribution is 7.98. The molecule has 2 aromatic carbocycles. The molecule has 0 atom stereocenters. The third kappa shape index (κ3) is 2.62. The van der Waals surface area contributed by atoms with Crippen LogP contribution in [0.1, 0.15) is 15.9 Å². The SMILES string of the molecule is CSc1ccccc1C(=O)N=c1sc2cccc(C)c2n1C. The first-order valence-electron chi connectivity index (χ1n) is 6.89. The average molecular weight is 328 g/mol. The lowest BCUT2D eigenvalue weighted by Gasteiger charge is -2.02. The van der Waals surface area contributed by atoms with Gasteiger partial charge in [-0.25, -0.2) is 0 Å². The summed E-state index contributed by atoms with van der Waals surface area (Å²) in [6.45, 7) is 2.07. The molecule has 112 valence electrons. The van der Waals surface area contributed by atoms with E-state index in [4.69, 9.17) is 0 Å². The fourth-order valence-electron chi connectivity index (χ4n) is 2.47. The van der Waals surface area contributed by atoms with Crippen LogP contribution in [-0.4, -0.2) is 16.7 Å². The number of thioether (sulfide) groups is 1. The zero-order valence-corrected chi connectivity index (χ0v) is 14.3. The molecule has 3 nitrogen and oxygen atoms in total. The molecule has 1 aromatic heterocycles. The van der Waals surface area contributed by atoms with Crippen LogP contribution < -0.4 is 4.80 Å². The van der Waals surface area contributed by atoms with Gasteiger partial charge >= 0.3 is 0 Å². The van der Waals surface area contributed by atoms with Crippen LogP contribution in [0.5, 0.6) is 0 Å². The van der Waals surface area contributed by atoms with Crippen LogP contribution in [0.25, 0.3) is 10.2 Å². The van der Waals surface area contributed by atoms with Crippen LogP contribution in [0, 0.1) is 6.92 Å². The van der Waals surface area contributed by atoms with Gasteiger partial charge in [-0.1, -0.05) is 35.6 Å². The molecule has 0 aliphatic rings. The van der Waals surface area contributed by atoms with Crippen molar-refractivity contribution >= 4 is 39.2 Å². The molecule has 0 saturated heterocycles. The lowest BCUT2D eigenvalue weighted by atomic mass is 10.2. The smallest absolute Gasteiger partial charge is 0.280 e. The molecule has 0 N–H and O–H groups in total. The molecule has 0 aliphatic heterocycles. The van der Waals surface area contributed by atoms with E-state index in [-0.39, 0.29) is 5.91 Å². The maximum Gasteiger partial charge on any atom is 0.280 e. The molecule has 0 spiro atoms. The number of nitrogens with zero attached hydrogens (tertiary/aromatic N) is 2. The fourth-order valence-corrected chi connectivity index (χ4v) is 4.16. The number of aromatic nitrogens is 1. The van der Waals surface area contributed by atoms with Crippen molar-refractivity contribution in [3.05, 3.63) is 58.4 Å². The van der Waals surface area contributed by atoms with Crippen LogP contribution in [0.4, 0.5) is 0 Å². The third-order valence-electron chi connectivity index (χ3n) is 3.56. The zero-order chi connectivity index (χ0) is 15.7. The number of rotatable bonds is 2. The molecule has 0 fully saturated rings. The van der Waals surface area contributed by atoms with Crippen molar-refractivity contribution in [3.63, 3.8) is 0 Å². The highest BCUT2D eigenvalue weighted by atomic mass is 32.2. The van der Waals surface area contributed by atoms with Crippen LogP contribution in [0.15, 0.2) is 52.4 Å². The van der Waals surface area contributed by atoms with E-state index in [1.54, 1.807) is 23.1 Å². The van der Waals surface area contributed by atoms with Crippen LogP contribution >= 0.6 is 23.1 Å². The quantitative estimate of drug-likeness (QED) is 0.666. The second-order valence-electron chi connectivity index (χ2n) is 4.98. The van der Waals surface area contributed by atoms with E-state index in [0.29, 0.717) is 5.56 Å². The Morgan fingerprint density at radius 3 is 2.68 bits per heavy atom. The summed E-state index contributed by atoms with van der Waals surface area (Å²) >= 11 is 3.10. The van der Waals surface area contributed by atoms with Gasteiger partial charge in [0.1, 0.15) is 0 Å². The van der Waals surface area contributed by atoms with E-state index < -0.39 is 0 Å². The number of carbonyl (C=O) groups is 1. The van der Waals surface area contributed by atoms with E-state index in [1.807, 2.05) is 48.2 Å². The number of fused-ring (bicyclic) bond motifs is 1. The number of hydrogen-bond acceptors (Lipinski definition) is 3. The Balaban J connectivity index is 2.15. The molecule has 0 bridgehead atoms. The minimum atomic E-state index is -0.190. The third-order valence-corrected chi connectivity index (χ3v) is 5.45. The summed E-state index contributed by atoms with van der Waals surface area (Å²) in [5, 5.41) is 0. The molecular weight excluding hydrogens is 312 g/mol. The van der Waals surface area contributed by atoms with E-state index in [9.17, 15) is 4.79 Å². The van der Waals surface area contributed by atoms with Gasteiger partial charge in [0.05, 0.1) is 15.8 Å². The highest BCUT2D eigenvalue weighted by Crippen LogP contribution is 2.22. The van der Waals surface area contributed by atoms with E-state index in [2.05, 4.69) is 24.0 Å². The number of carbonyl (C=O) groups excluding carboxylic acids is 1. The second kappa shape index (κ2) is 6.10. The topological polar surface area (TPSA) is 34.4 Å². The number of aryl methyl sites for hydroxylation is 2. The molecular formula is C17H16N2OS2. The van der Waals surface area contributed by atoms with Gasteiger partial charge in [-0.05, 0) is 36.9 Å². The fraction of sp³-hybridized carbons (Fsp3) is 0.176. The Morgan fingerprint density at radius 2 is 1.95 bits per heavy atom. The molecule has 3 rings (SSSR count). The van der Waals surface area contributed by atoms with Gasteiger partial charge in [-0.2, -0.15) is 4.99 Å². The second-order valence-corrected chi connectivity index (χ2v) is 6.84. The normalized spacial score (nSPS) is 12.0. The zero-order valence-electron chi connectivity index (χ0n) is 12.7. The molecule has 0 aliphatic carbocycles. The summed E-state index contributed by atoms with van der Waals surface area (Å²) in [6.07, 6.45) is 1.97. The lowest BCUT2D eigenvalue weighted by Crippen LogP contribution is -2.14. The van der Waals surface area contributed by atoms with Crippen molar-refractivity contribution in [1.29, 1.82) is 0 Å². The number of hydrogen-bond donors (Lipinski definition) is 0. The summed E-state index contributed by atoms with van der Waals surface area (Å²) in [5.41, 5.74) is 2.98. The van der Waals surface area contributed by atoms with Crippen molar-refractivity contribution in [2.75, 3.05) is 6.26 Å². The Hall–Kier alpha value is -1.85. The lowest BCUT2D eigenvalue weighted by molar-refractivity contribution is 0.0995. The van der Waals surface area contributed by atoms with Crippen molar-refractivity contribution in [3.8, 4) is 0 Å². The van der Waals surface area contributed by atoms with Gasteiger partial charge in [-0.3, -0.25) is 4.79 Å². The molecule has 22 heavy (non-hydrogen) atoms. The average Bonchev–Trinajstić information content (AvgIpc) is 2.84. The summed E-state index contributed by atoms with van der Waals surface area (Å²) in [5.74, 6) is -0.190.